The Morgan fingerprint density at radius 3 is 2.32 bits per heavy atom. The molecule has 3 aromatic carbocycles. The van der Waals surface area contributed by atoms with Crippen LogP contribution in [0.1, 0.15) is 37.2 Å². The molecule has 0 unspecified atom stereocenters. The summed E-state index contributed by atoms with van der Waals surface area (Å²) in [6, 6.07) is 36.2. The summed E-state index contributed by atoms with van der Waals surface area (Å²) in [4.78, 5) is 8.97. The van der Waals surface area contributed by atoms with Crippen LogP contribution in [0, 0.1) is 12.1 Å². The molecule has 0 amide bonds. The number of nitrogens with zero attached hydrogens (tertiary/aromatic N) is 2. The smallest absolute Gasteiger partial charge is 0.0783 e. The van der Waals surface area contributed by atoms with Gasteiger partial charge >= 0.3 is 0 Å². The number of rotatable bonds is 4. The first-order valence-electron chi connectivity index (χ1n) is 14.2. The molecule has 0 atom stereocenters. The van der Waals surface area contributed by atoms with Crippen molar-refractivity contribution < 1.29 is 20.1 Å². The van der Waals surface area contributed by atoms with Crippen LogP contribution in [-0.4, -0.2) is 18.0 Å². The van der Waals surface area contributed by atoms with Crippen molar-refractivity contribution in [3.8, 4) is 22.5 Å². The molecule has 0 bridgehead atoms. The average molecular weight is 747 g/mol. The second-order valence-corrected chi connectivity index (χ2v) is 17.7. The quantitative estimate of drug-likeness (QED) is 0.133. The second kappa shape index (κ2) is 12.9. The zero-order valence-electron chi connectivity index (χ0n) is 23.8. The minimum Gasteiger partial charge on any atom is -0.305 e. The molecule has 2 nitrogen and oxygen atoms in total. The molecule has 41 heavy (non-hydrogen) atoms. The fourth-order valence-corrected chi connectivity index (χ4v) is 8.72. The summed E-state index contributed by atoms with van der Waals surface area (Å²) >= 11 is 1.86. The predicted molar refractivity (Wildman–Crippen MR) is 174 cm³/mol. The Morgan fingerprint density at radius 1 is 0.780 bits per heavy atom. The van der Waals surface area contributed by atoms with E-state index in [1.165, 1.54) is 51.4 Å². The second-order valence-electron chi connectivity index (χ2n) is 11.6. The molecule has 0 aliphatic heterocycles. The fraction of sp³-hybridized carbons (Fsp3) is 0.222. The number of hydrogen-bond donors (Lipinski definition) is 0. The first kappa shape index (κ1) is 29.5. The Kier molecular flexibility index (Phi) is 9.30. The van der Waals surface area contributed by atoms with Crippen LogP contribution < -0.4 is 5.19 Å². The monoisotopic (exact) mass is 747 g/mol. The van der Waals surface area contributed by atoms with E-state index < -0.39 is 8.07 Å². The third-order valence-electron chi connectivity index (χ3n) is 7.78. The molecule has 1 fully saturated rings. The molecule has 0 N–H and O–H groups in total. The van der Waals surface area contributed by atoms with Crippen LogP contribution in [0.15, 0.2) is 97.3 Å². The van der Waals surface area contributed by atoms with Gasteiger partial charge in [0.15, 0.2) is 0 Å². The molecule has 6 aromatic rings. The number of benzene rings is 3. The van der Waals surface area contributed by atoms with Crippen LogP contribution in [0.4, 0.5) is 0 Å². The maximum Gasteiger partial charge on any atom is 0.0783 e. The summed E-state index contributed by atoms with van der Waals surface area (Å²) < 4.78 is 2.67. The number of aromatic nitrogens is 2. The van der Waals surface area contributed by atoms with Gasteiger partial charge in [-0.1, -0.05) is 79.0 Å². The molecule has 1 aliphatic carbocycles. The van der Waals surface area contributed by atoms with Gasteiger partial charge in [0.25, 0.3) is 0 Å². The van der Waals surface area contributed by atoms with Crippen molar-refractivity contribution in [3.63, 3.8) is 0 Å². The maximum absolute atomic E-state index is 4.52. The van der Waals surface area contributed by atoms with Gasteiger partial charge in [-0.15, -0.1) is 59.7 Å². The Balaban J connectivity index is 0.000000168. The van der Waals surface area contributed by atoms with Gasteiger partial charge in [0, 0.05) is 37.2 Å². The Labute approximate surface area is 262 Å². The van der Waals surface area contributed by atoms with Gasteiger partial charge in [0.2, 0.25) is 0 Å². The zero-order valence-corrected chi connectivity index (χ0v) is 28.0. The number of pyridine rings is 2. The number of hydrogen-bond acceptors (Lipinski definition) is 3. The average Bonchev–Trinajstić information content (AvgIpc) is 3.67. The van der Waals surface area contributed by atoms with Crippen molar-refractivity contribution in [1.29, 1.82) is 0 Å². The number of fused-ring (bicyclic) bond motifs is 3. The van der Waals surface area contributed by atoms with Gasteiger partial charge in [0.05, 0.1) is 8.07 Å². The summed E-state index contributed by atoms with van der Waals surface area (Å²) in [5.74, 6) is 0.750. The summed E-state index contributed by atoms with van der Waals surface area (Å²) in [7, 11) is -1.39. The van der Waals surface area contributed by atoms with E-state index >= 15 is 0 Å². The van der Waals surface area contributed by atoms with Crippen LogP contribution in [-0.2, 0) is 20.1 Å². The molecule has 1 saturated carbocycles. The standard InChI is InChI=1S/C20H18NSSi.C16H16N.Ir/c1-23(2,3)18-12-7-11-17-19(18)15-9-6-8-14(20(15)22-17)16-10-4-5-13-21-16;1-2-8-14(9-3-1)16-12-15(10-11-17-16)13-6-4-5-7-13;/h4-7,9-13H,1-3H3;1-3,8,10-13H,4-7H2;/q2*-1;. The van der Waals surface area contributed by atoms with Gasteiger partial charge < -0.3 is 9.97 Å². The van der Waals surface area contributed by atoms with E-state index in [9.17, 15) is 0 Å². The van der Waals surface area contributed by atoms with Crippen LogP contribution in [0.2, 0.25) is 19.6 Å². The molecule has 0 saturated heterocycles. The van der Waals surface area contributed by atoms with Crippen LogP contribution in [0.5, 0.6) is 0 Å². The Bertz CT molecular complexity index is 1740. The zero-order chi connectivity index (χ0) is 27.5. The van der Waals surface area contributed by atoms with Gasteiger partial charge in [-0.05, 0) is 58.4 Å². The van der Waals surface area contributed by atoms with Gasteiger partial charge in [-0.2, -0.15) is 11.3 Å². The Hall–Kier alpha value is -2.95. The third-order valence-corrected chi connectivity index (χ3v) is 11.0. The van der Waals surface area contributed by atoms with E-state index in [4.69, 9.17) is 0 Å². The molecular formula is C36H34IrN2SSi-2. The summed E-state index contributed by atoms with van der Waals surface area (Å²) in [6.45, 7) is 7.25. The fourth-order valence-electron chi connectivity index (χ4n) is 5.78. The normalized spacial score (nSPS) is 13.5. The minimum atomic E-state index is -1.39. The van der Waals surface area contributed by atoms with E-state index in [1.54, 1.807) is 5.19 Å². The third kappa shape index (κ3) is 6.44. The van der Waals surface area contributed by atoms with Crippen LogP contribution >= 0.6 is 11.3 Å². The van der Waals surface area contributed by atoms with Crippen molar-refractivity contribution in [2.24, 2.45) is 0 Å². The summed E-state index contributed by atoms with van der Waals surface area (Å²) in [6.07, 6.45) is 9.20. The van der Waals surface area contributed by atoms with E-state index in [0.29, 0.717) is 0 Å². The first-order valence-corrected chi connectivity index (χ1v) is 18.5. The molecule has 1 aliphatic rings. The first-order chi connectivity index (χ1) is 19.5. The van der Waals surface area contributed by atoms with Gasteiger partial charge in [-0.3, -0.25) is 0 Å². The van der Waals surface area contributed by atoms with Crippen molar-refractivity contribution >= 4 is 44.8 Å². The van der Waals surface area contributed by atoms with Crippen molar-refractivity contribution in [3.05, 3.63) is 115 Å². The largest absolute Gasteiger partial charge is 0.305 e. The van der Waals surface area contributed by atoms with Crippen molar-refractivity contribution in [1.82, 2.24) is 9.97 Å². The summed E-state index contributed by atoms with van der Waals surface area (Å²) in [5.41, 5.74) is 5.71. The number of thiophene rings is 1. The topological polar surface area (TPSA) is 25.8 Å². The molecule has 209 valence electrons. The van der Waals surface area contributed by atoms with Gasteiger partial charge in [-0.25, -0.2) is 0 Å². The van der Waals surface area contributed by atoms with E-state index in [0.717, 1.165) is 28.4 Å². The molecule has 1 radical (unpaired) electrons. The molecule has 3 aromatic heterocycles. The minimum absolute atomic E-state index is 0. The summed E-state index contributed by atoms with van der Waals surface area (Å²) in [5, 5.41) is 4.33. The van der Waals surface area contributed by atoms with Crippen molar-refractivity contribution in [2.45, 2.75) is 51.2 Å². The Morgan fingerprint density at radius 2 is 1.59 bits per heavy atom. The van der Waals surface area contributed by atoms with E-state index in [-0.39, 0.29) is 20.1 Å². The van der Waals surface area contributed by atoms with Gasteiger partial charge in [0.1, 0.15) is 0 Å². The van der Waals surface area contributed by atoms with E-state index in [2.05, 4.69) is 90.3 Å². The van der Waals surface area contributed by atoms with Crippen LogP contribution in [0.3, 0.4) is 0 Å². The van der Waals surface area contributed by atoms with Crippen molar-refractivity contribution in [2.75, 3.05) is 0 Å². The SMILES string of the molecule is C[Si](C)(C)c1cccc2sc3c(-c4ccccn4)[c-]ccc3c12.[Ir].[c-]1ccccc1-c1cc(C2CCCC2)ccn1. The van der Waals surface area contributed by atoms with Crippen LogP contribution in [0.25, 0.3) is 42.7 Å². The molecular weight excluding hydrogens is 713 g/mol. The molecule has 5 heteroatoms. The van der Waals surface area contributed by atoms with E-state index in [1.807, 2.05) is 60.1 Å². The molecule has 7 rings (SSSR count). The maximum atomic E-state index is 4.52. The molecule has 3 heterocycles. The predicted octanol–water partition coefficient (Wildman–Crippen LogP) is 9.67. The molecule has 0 spiro atoms.